The standard InChI is InChI=1S/C28H35N5O2S/c34-36(35,32-26-9-2-3-10-26)20-22-11-13-25(14-12-22)31-28-18-27(29-21-30-28)24-8-6-7-23(17-24)19-33-15-4-1-5-16-33/h6-8,11-14,17-18,21,26,32H,1-5,9-10,15-16,19-20H2,(H,29,30,31). The first-order valence-electron chi connectivity index (χ1n) is 13.0. The van der Waals surface area contributed by atoms with Crippen molar-refractivity contribution in [1.29, 1.82) is 0 Å². The van der Waals surface area contributed by atoms with Crippen molar-refractivity contribution in [2.45, 2.75) is 63.3 Å². The third-order valence-electron chi connectivity index (χ3n) is 7.03. The fourth-order valence-electron chi connectivity index (χ4n) is 5.18. The second-order valence-electron chi connectivity index (χ2n) is 10.0. The highest BCUT2D eigenvalue weighted by molar-refractivity contribution is 7.88. The molecule has 0 bridgehead atoms. The van der Waals surface area contributed by atoms with Crippen molar-refractivity contribution in [3.05, 3.63) is 72.1 Å². The van der Waals surface area contributed by atoms with Crippen molar-refractivity contribution < 1.29 is 8.42 Å². The maximum atomic E-state index is 12.5. The summed E-state index contributed by atoms with van der Waals surface area (Å²) in [7, 11) is -3.33. The number of benzene rings is 2. The third-order valence-corrected chi connectivity index (χ3v) is 8.43. The van der Waals surface area contributed by atoms with E-state index in [0.717, 1.165) is 54.7 Å². The predicted molar refractivity (Wildman–Crippen MR) is 144 cm³/mol. The number of sulfonamides is 1. The molecule has 2 heterocycles. The van der Waals surface area contributed by atoms with Crippen molar-refractivity contribution in [1.82, 2.24) is 19.6 Å². The maximum absolute atomic E-state index is 12.5. The molecule has 36 heavy (non-hydrogen) atoms. The second kappa shape index (κ2) is 11.5. The minimum absolute atomic E-state index is 0.00476. The van der Waals surface area contributed by atoms with E-state index in [2.05, 4.69) is 49.2 Å². The van der Waals surface area contributed by atoms with Crippen molar-refractivity contribution in [2.75, 3.05) is 18.4 Å². The van der Waals surface area contributed by atoms with Crippen LogP contribution in [0.3, 0.4) is 0 Å². The van der Waals surface area contributed by atoms with Gasteiger partial charge in [-0.2, -0.15) is 0 Å². The lowest BCUT2D eigenvalue weighted by atomic mass is 10.1. The number of rotatable bonds is 9. The number of nitrogens with zero attached hydrogens (tertiary/aromatic N) is 3. The van der Waals surface area contributed by atoms with Crippen LogP contribution in [0.25, 0.3) is 11.3 Å². The molecule has 1 aliphatic heterocycles. The first kappa shape index (κ1) is 24.9. The van der Waals surface area contributed by atoms with E-state index in [-0.39, 0.29) is 11.8 Å². The normalized spacial score (nSPS) is 17.3. The van der Waals surface area contributed by atoms with Gasteiger partial charge in [-0.25, -0.2) is 23.1 Å². The molecule has 1 saturated heterocycles. The minimum atomic E-state index is -3.33. The number of anilines is 2. The molecule has 2 aliphatic rings. The van der Waals surface area contributed by atoms with Gasteiger partial charge < -0.3 is 5.32 Å². The zero-order valence-corrected chi connectivity index (χ0v) is 21.5. The molecule has 0 spiro atoms. The second-order valence-corrected chi connectivity index (χ2v) is 11.8. The molecule has 0 unspecified atom stereocenters. The first-order chi connectivity index (χ1) is 17.5. The lowest BCUT2D eigenvalue weighted by Crippen LogP contribution is -2.33. The van der Waals surface area contributed by atoms with Crippen LogP contribution in [0.5, 0.6) is 0 Å². The van der Waals surface area contributed by atoms with Crippen LogP contribution in [-0.4, -0.2) is 42.4 Å². The van der Waals surface area contributed by atoms with E-state index in [1.54, 1.807) is 6.33 Å². The van der Waals surface area contributed by atoms with E-state index in [1.165, 1.54) is 37.9 Å². The predicted octanol–water partition coefficient (Wildman–Crippen LogP) is 5.24. The van der Waals surface area contributed by atoms with Crippen LogP contribution in [0.1, 0.15) is 56.1 Å². The van der Waals surface area contributed by atoms with Gasteiger partial charge in [0.25, 0.3) is 0 Å². The lowest BCUT2D eigenvalue weighted by Gasteiger charge is -2.26. The summed E-state index contributed by atoms with van der Waals surface area (Å²) in [5.41, 5.74) is 4.86. The Bertz CT molecular complexity index is 1250. The molecule has 2 aromatic carbocycles. The monoisotopic (exact) mass is 505 g/mol. The molecule has 0 atom stereocenters. The Labute approximate surface area is 214 Å². The third kappa shape index (κ3) is 6.90. The van der Waals surface area contributed by atoms with Crippen LogP contribution in [0.15, 0.2) is 60.9 Å². The summed E-state index contributed by atoms with van der Waals surface area (Å²) in [5.74, 6) is 0.694. The molecule has 0 amide bonds. The molecular formula is C28H35N5O2S. The molecule has 190 valence electrons. The molecule has 7 nitrogen and oxygen atoms in total. The lowest BCUT2D eigenvalue weighted by molar-refractivity contribution is 0.221. The summed E-state index contributed by atoms with van der Waals surface area (Å²) in [6.45, 7) is 3.32. The van der Waals surface area contributed by atoms with Crippen LogP contribution in [0.2, 0.25) is 0 Å². The quantitative estimate of drug-likeness (QED) is 0.414. The summed E-state index contributed by atoms with van der Waals surface area (Å²) in [4.78, 5) is 11.4. The molecule has 3 aromatic rings. The molecule has 0 radical (unpaired) electrons. The summed E-state index contributed by atoms with van der Waals surface area (Å²) in [6.07, 6.45) is 9.56. The molecule has 2 N–H and O–H groups in total. The zero-order valence-electron chi connectivity index (χ0n) is 20.7. The Morgan fingerprint density at radius 3 is 2.42 bits per heavy atom. The summed E-state index contributed by atoms with van der Waals surface area (Å²) in [5, 5.41) is 3.32. The van der Waals surface area contributed by atoms with Crippen molar-refractivity contribution in [3.63, 3.8) is 0 Å². The van der Waals surface area contributed by atoms with E-state index >= 15 is 0 Å². The van der Waals surface area contributed by atoms with E-state index in [1.807, 2.05) is 30.3 Å². The average molecular weight is 506 g/mol. The van der Waals surface area contributed by atoms with Gasteiger partial charge in [0, 0.05) is 29.9 Å². The van der Waals surface area contributed by atoms with Gasteiger partial charge in [-0.1, -0.05) is 49.6 Å². The molecular weight excluding hydrogens is 470 g/mol. The van der Waals surface area contributed by atoms with Crippen molar-refractivity contribution >= 4 is 21.5 Å². The Morgan fingerprint density at radius 1 is 0.861 bits per heavy atom. The molecule has 8 heteroatoms. The highest BCUT2D eigenvalue weighted by Gasteiger charge is 2.21. The SMILES string of the molecule is O=S(=O)(Cc1ccc(Nc2cc(-c3cccc(CN4CCCCC4)c3)ncn2)cc1)NC1CCCC1. The highest BCUT2D eigenvalue weighted by Crippen LogP contribution is 2.24. The fraction of sp³-hybridized carbons (Fsp3) is 0.429. The minimum Gasteiger partial charge on any atom is -0.340 e. The first-order valence-corrected chi connectivity index (χ1v) is 14.7. The van der Waals surface area contributed by atoms with Gasteiger partial charge in [0.15, 0.2) is 0 Å². The van der Waals surface area contributed by atoms with E-state index in [0.29, 0.717) is 5.82 Å². The molecule has 1 aromatic heterocycles. The van der Waals surface area contributed by atoms with Gasteiger partial charge in [-0.05, 0) is 68.1 Å². The van der Waals surface area contributed by atoms with Crippen LogP contribution in [0, 0.1) is 0 Å². The number of likely N-dealkylation sites (tertiary alicyclic amines) is 1. The van der Waals surface area contributed by atoms with E-state index < -0.39 is 10.0 Å². The fourth-order valence-corrected chi connectivity index (χ4v) is 6.64. The number of nitrogens with one attached hydrogen (secondary N) is 2. The maximum Gasteiger partial charge on any atom is 0.216 e. The number of piperidine rings is 1. The number of hydrogen-bond donors (Lipinski definition) is 2. The van der Waals surface area contributed by atoms with E-state index in [4.69, 9.17) is 0 Å². The largest absolute Gasteiger partial charge is 0.340 e. The Hall–Kier alpha value is -2.81. The molecule has 1 saturated carbocycles. The smallest absolute Gasteiger partial charge is 0.216 e. The molecule has 2 fully saturated rings. The molecule has 1 aliphatic carbocycles. The average Bonchev–Trinajstić information content (AvgIpc) is 3.38. The van der Waals surface area contributed by atoms with Gasteiger partial charge >= 0.3 is 0 Å². The summed E-state index contributed by atoms with van der Waals surface area (Å²) >= 11 is 0. The van der Waals surface area contributed by atoms with Gasteiger partial charge in [0.1, 0.15) is 12.1 Å². The topological polar surface area (TPSA) is 87.2 Å². The van der Waals surface area contributed by atoms with Crippen molar-refractivity contribution in [2.24, 2.45) is 0 Å². The van der Waals surface area contributed by atoms with Crippen LogP contribution < -0.4 is 10.0 Å². The zero-order chi connectivity index (χ0) is 24.8. The van der Waals surface area contributed by atoms with Crippen LogP contribution >= 0.6 is 0 Å². The van der Waals surface area contributed by atoms with Crippen LogP contribution in [-0.2, 0) is 22.3 Å². The van der Waals surface area contributed by atoms with E-state index in [9.17, 15) is 8.42 Å². The Morgan fingerprint density at radius 2 is 1.64 bits per heavy atom. The summed E-state index contributed by atoms with van der Waals surface area (Å²) in [6, 6.07) is 18.1. The Balaban J connectivity index is 1.22. The van der Waals surface area contributed by atoms with Gasteiger partial charge in [-0.3, -0.25) is 4.90 Å². The van der Waals surface area contributed by atoms with Gasteiger partial charge in [-0.15, -0.1) is 0 Å². The Kier molecular flexibility index (Phi) is 7.94. The van der Waals surface area contributed by atoms with Crippen molar-refractivity contribution in [3.8, 4) is 11.3 Å². The van der Waals surface area contributed by atoms with Gasteiger partial charge in [0.2, 0.25) is 10.0 Å². The highest BCUT2D eigenvalue weighted by atomic mass is 32.2. The summed E-state index contributed by atoms with van der Waals surface area (Å²) < 4.78 is 27.8. The number of hydrogen-bond acceptors (Lipinski definition) is 6. The van der Waals surface area contributed by atoms with Gasteiger partial charge in [0.05, 0.1) is 11.4 Å². The molecule has 5 rings (SSSR count). The van der Waals surface area contributed by atoms with Crippen LogP contribution in [0.4, 0.5) is 11.5 Å². The number of aromatic nitrogens is 2.